The zero-order valence-electron chi connectivity index (χ0n) is 18.2. The molecule has 6 heteroatoms. The van der Waals surface area contributed by atoms with Crippen LogP contribution in [0.1, 0.15) is 42.9 Å². The number of hydrogen-bond acceptors (Lipinski definition) is 4. The molecule has 2 aromatic heterocycles. The minimum Gasteiger partial charge on any atom is -0.396 e. The third-order valence-electron chi connectivity index (χ3n) is 7.51. The molecule has 33 heavy (non-hydrogen) atoms. The van der Waals surface area contributed by atoms with Gasteiger partial charge in [-0.25, -0.2) is 9.37 Å². The van der Waals surface area contributed by atoms with Crippen LogP contribution in [0.4, 0.5) is 10.1 Å². The fourth-order valence-electron chi connectivity index (χ4n) is 5.98. The first kappa shape index (κ1) is 21.5. The Balaban J connectivity index is 1.25. The summed E-state index contributed by atoms with van der Waals surface area (Å²) >= 11 is 0. The van der Waals surface area contributed by atoms with Crippen molar-refractivity contribution in [2.45, 2.75) is 31.6 Å². The molecule has 1 aromatic carbocycles. The standard InChI is InChI=1S/C27H26FN3O2/c1-2-21-4-5-22(14-30-21)31-27(33)25(15-32)19-11-16-9-18(10-17(16)12-19)23-7-8-29-26-6-3-20(28)13-24(23)26/h1,3-8,13-14,16-19,25,32H,9-12,15H2,(H,31,33)/t16-,17+,18-,19+,25?. The van der Waals surface area contributed by atoms with Crippen LogP contribution in [-0.4, -0.2) is 27.6 Å². The van der Waals surface area contributed by atoms with E-state index in [2.05, 4.69) is 21.2 Å². The predicted molar refractivity (Wildman–Crippen MR) is 125 cm³/mol. The Hall–Kier alpha value is -3.30. The summed E-state index contributed by atoms with van der Waals surface area (Å²) in [6, 6.07) is 10.2. The Morgan fingerprint density at radius 3 is 2.61 bits per heavy atom. The van der Waals surface area contributed by atoms with Gasteiger partial charge in [-0.3, -0.25) is 9.78 Å². The Labute approximate surface area is 192 Å². The van der Waals surface area contributed by atoms with Gasteiger partial charge >= 0.3 is 0 Å². The van der Waals surface area contributed by atoms with E-state index in [0.717, 1.165) is 36.6 Å². The second-order valence-corrected chi connectivity index (χ2v) is 9.34. The molecule has 2 aliphatic carbocycles. The third-order valence-corrected chi connectivity index (χ3v) is 7.51. The van der Waals surface area contributed by atoms with Gasteiger partial charge in [0.05, 0.1) is 29.9 Å². The van der Waals surface area contributed by atoms with E-state index >= 15 is 0 Å². The Kier molecular flexibility index (Phi) is 5.82. The van der Waals surface area contributed by atoms with Crippen molar-refractivity contribution in [1.29, 1.82) is 0 Å². The molecule has 2 saturated carbocycles. The van der Waals surface area contributed by atoms with Crippen molar-refractivity contribution >= 4 is 22.5 Å². The van der Waals surface area contributed by atoms with Crippen molar-refractivity contribution in [1.82, 2.24) is 9.97 Å². The number of nitrogens with one attached hydrogen (secondary N) is 1. The Morgan fingerprint density at radius 1 is 1.15 bits per heavy atom. The second kappa shape index (κ2) is 8.92. The summed E-state index contributed by atoms with van der Waals surface area (Å²) in [5.74, 6) is 3.13. The van der Waals surface area contributed by atoms with Crippen molar-refractivity contribution in [3.63, 3.8) is 0 Å². The number of carbonyl (C=O) groups excluding carboxylic acids is 1. The van der Waals surface area contributed by atoms with Gasteiger partial charge in [0, 0.05) is 11.6 Å². The number of pyridine rings is 2. The van der Waals surface area contributed by atoms with E-state index in [1.807, 2.05) is 12.3 Å². The largest absolute Gasteiger partial charge is 0.396 e. The monoisotopic (exact) mass is 443 g/mol. The highest BCUT2D eigenvalue weighted by molar-refractivity contribution is 5.92. The lowest BCUT2D eigenvalue weighted by Crippen LogP contribution is -2.31. The van der Waals surface area contributed by atoms with Crippen LogP contribution >= 0.6 is 0 Å². The van der Waals surface area contributed by atoms with Gasteiger partial charge < -0.3 is 10.4 Å². The van der Waals surface area contributed by atoms with Gasteiger partial charge in [-0.05, 0) is 91.3 Å². The van der Waals surface area contributed by atoms with Crippen molar-refractivity contribution in [2.75, 3.05) is 11.9 Å². The number of terminal acetylenes is 1. The van der Waals surface area contributed by atoms with E-state index < -0.39 is 5.92 Å². The summed E-state index contributed by atoms with van der Waals surface area (Å²) in [6.07, 6.45) is 12.6. The number of benzene rings is 1. The van der Waals surface area contributed by atoms with E-state index in [-0.39, 0.29) is 24.2 Å². The molecule has 168 valence electrons. The summed E-state index contributed by atoms with van der Waals surface area (Å²) in [4.78, 5) is 21.4. The highest BCUT2D eigenvalue weighted by Gasteiger charge is 2.45. The number of nitrogens with zero attached hydrogens (tertiary/aromatic N) is 2. The molecule has 1 unspecified atom stereocenters. The minimum absolute atomic E-state index is 0.149. The smallest absolute Gasteiger partial charge is 0.230 e. The van der Waals surface area contributed by atoms with E-state index in [1.165, 1.54) is 17.8 Å². The maximum absolute atomic E-state index is 13.9. The fraction of sp³-hybridized carbons (Fsp3) is 0.370. The zero-order chi connectivity index (χ0) is 22.9. The molecule has 2 heterocycles. The number of hydrogen-bond donors (Lipinski definition) is 2. The van der Waals surface area contributed by atoms with Crippen molar-refractivity contribution < 1.29 is 14.3 Å². The average Bonchev–Trinajstić information content (AvgIpc) is 3.39. The van der Waals surface area contributed by atoms with Crippen LogP contribution in [-0.2, 0) is 4.79 Å². The molecule has 0 radical (unpaired) electrons. The first-order chi connectivity index (χ1) is 16.1. The number of fused-ring (bicyclic) bond motifs is 2. The van der Waals surface area contributed by atoms with E-state index in [4.69, 9.17) is 6.42 Å². The van der Waals surface area contributed by atoms with Gasteiger partial charge in [0.25, 0.3) is 0 Å². The third kappa shape index (κ3) is 4.21. The van der Waals surface area contributed by atoms with Crippen molar-refractivity contribution in [3.8, 4) is 12.3 Å². The molecule has 0 saturated heterocycles. The number of amides is 1. The van der Waals surface area contributed by atoms with Gasteiger partial charge in [0.15, 0.2) is 0 Å². The van der Waals surface area contributed by atoms with Crippen LogP contribution in [0.5, 0.6) is 0 Å². The van der Waals surface area contributed by atoms with Crippen LogP contribution in [0.2, 0.25) is 0 Å². The Bertz CT molecular complexity index is 1210. The van der Waals surface area contributed by atoms with Crippen molar-refractivity contribution in [2.24, 2.45) is 23.7 Å². The number of aliphatic hydroxyl groups is 1. The molecule has 2 aliphatic rings. The quantitative estimate of drug-likeness (QED) is 0.569. The molecule has 3 aromatic rings. The van der Waals surface area contributed by atoms with Gasteiger partial charge in [-0.2, -0.15) is 0 Å². The fourth-order valence-corrected chi connectivity index (χ4v) is 5.98. The lowest BCUT2D eigenvalue weighted by Gasteiger charge is -2.23. The number of aromatic nitrogens is 2. The first-order valence-electron chi connectivity index (χ1n) is 11.4. The number of halogens is 1. The molecule has 0 bridgehead atoms. The lowest BCUT2D eigenvalue weighted by molar-refractivity contribution is -0.122. The van der Waals surface area contributed by atoms with Crippen LogP contribution < -0.4 is 5.32 Å². The van der Waals surface area contributed by atoms with Gasteiger partial charge in [-0.1, -0.05) is 5.92 Å². The van der Waals surface area contributed by atoms with Crippen LogP contribution in [0.15, 0.2) is 48.8 Å². The summed E-state index contributed by atoms with van der Waals surface area (Å²) in [7, 11) is 0. The van der Waals surface area contributed by atoms with Crippen molar-refractivity contribution in [3.05, 3.63) is 65.9 Å². The first-order valence-corrected chi connectivity index (χ1v) is 11.4. The van der Waals surface area contributed by atoms with E-state index in [0.29, 0.717) is 29.1 Å². The topological polar surface area (TPSA) is 75.1 Å². The second-order valence-electron chi connectivity index (χ2n) is 9.34. The van der Waals surface area contributed by atoms with Gasteiger partial charge in [0.1, 0.15) is 11.5 Å². The number of anilines is 1. The van der Waals surface area contributed by atoms with E-state index in [9.17, 15) is 14.3 Å². The average molecular weight is 444 g/mol. The molecular formula is C27H26FN3O2. The molecule has 5 nitrogen and oxygen atoms in total. The molecule has 5 rings (SSSR count). The van der Waals surface area contributed by atoms with Gasteiger partial charge in [0.2, 0.25) is 5.91 Å². The summed E-state index contributed by atoms with van der Waals surface area (Å²) in [5, 5.41) is 13.8. The highest BCUT2D eigenvalue weighted by atomic mass is 19.1. The molecule has 2 fully saturated rings. The predicted octanol–water partition coefficient (Wildman–Crippen LogP) is 4.52. The molecular weight excluding hydrogens is 417 g/mol. The highest BCUT2D eigenvalue weighted by Crippen LogP contribution is 2.54. The zero-order valence-corrected chi connectivity index (χ0v) is 18.2. The van der Waals surface area contributed by atoms with Crippen LogP contribution in [0.25, 0.3) is 10.9 Å². The molecule has 2 N–H and O–H groups in total. The molecule has 5 atom stereocenters. The van der Waals surface area contributed by atoms with Crippen LogP contribution in [0, 0.1) is 41.8 Å². The molecule has 0 spiro atoms. The molecule has 0 aliphatic heterocycles. The SMILES string of the molecule is C#Cc1ccc(NC(=O)C(CO)[C@H]2C[C@H]3C[C@@H](c4ccnc5ccc(F)cc45)C[C@H]3C2)cn1. The number of carbonyl (C=O) groups is 1. The van der Waals surface area contributed by atoms with Crippen LogP contribution in [0.3, 0.4) is 0 Å². The normalized spacial score (nSPS) is 24.9. The minimum atomic E-state index is -0.447. The maximum Gasteiger partial charge on any atom is 0.230 e. The Morgan fingerprint density at radius 2 is 1.94 bits per heavy atom. The van der Waals surface area contributed by atoms with Gasteiger partial charge in [-0.15, -0.1) is 6.42 Å². The summed E-state index contributed by atoms with van der Waals surface area (Å²) in [5.41, 5.74) is 3.08. The number of rotatable bonds is 5. The molecule has 1 amide bonds. The lowest BCUT2D eigenvalue weighted by atomic mass is 9.85. The maximum atomic E-state index is 13.9. The number of aliphatic hydroxyl groups excluding tert-OH is 1. The van der Waals surface area contributed by atoms with E-state index in [1.54, 1.807) is 24.3 Å². The summed E-state index contributed by atoms with van der Waals surface area (Å²) in [6.45, 7) is -0.177. The summed E-state index contributed by atoms with van der Waals surface area (Å²) < 4.78 is 13.9.